The molecule has 1 unspecified atom stereocenters. The summed E-state index contributed by atoms with van der Waals surface area (Å²) >= 11 is 6.02. The zero-order valence-electron chi connectivity index (χ0n) is 19.1. The molecule has 1 aliphatic heterocycles. The molecule has 1 fully saturated rings. The summed E-state index contributed by atoms with van der Waals surface area (Å²) in [5, 5.41) is 22.2. The van der Waals surface area contributed by atoms with Gasteiger partial charge in [0.15, 0.2) is 11.5 Å². The molecule has 8 nitrogen and oxygen atoms in total. The number of ether oxygens (including phenoxy) is 3. The number of nitrogens with zero attached hydrogens (tertiary/aromatic N) is 1. The van der Waals surface area contributed by atoms with Crippen molar-refractivity contribution in [2.45, 2.75) is 6.04 Å². The fourth-order valence-corrected chi connectivity index (χ4v) is 4.16. The minimum Gasteiger partial charge on any atom is -0.507 e. The van der Waals surface area contributed by atoms with Gasteiger partial charge in [-0.25, -0.2) is 0 Å². The van der Waals surface area contributed by atoms with Crippen molar-refractivity contribution >= 4 is 34.7 Å². The van der Waals surface area contributed by atoms with E-state index in [1.807, 2.05) is 0 Å². The summed E-state index contributed by atoms with van der Waals surface area (Å²) in [6.07, 6.45) is 0. The van der Waals surface area contributed by atoms with Crippen molar-refractivity contribution in [1.29, 1.82) is 0 Å². The lowest BCUT2D eigenvalue weighted by Crippen LogP contribution is -2.29. The molecule has 9 heteroatoms. The minimum atomic E-state index is -1.06. The predicted octanol–water partition coefficient (Wildman–Crippen LogP) is 4.70. The second kappa shape index (κ2) is 9.60. The number of hydrogen-bond acceptors (Lipinski definition) is 7. The van der Waals surface area contributed by atoms with Crippen molar-refractivity contribution in [2.75, 3.05) is 26.2 Å². The van der Waals surface area contributed by atoms with E-state index in [-0.39, 0.29) is 28.4 Å². The van der Waals surface area contributed by atoms with E-state index in [1.165, 1.54) is 44.4 Å². The molecule has 0 radical (unpaired) electrons. The Balaban J connectivity index is 1.97. The number of phenols is 1. The van der Waals surface area contributed by atoms with Gasteiger partial charge in [0, 0.05) is 16.8 Å². The lowest BCUT2D eigenvalue weighted by molar-refractivity contribution is -0.132. The summed E-state index contributed by atoms with van der Waals surface area (Å²) in [5.41, 5.74) is 0.798. The maximum atomic E-state index is 13.3. The zero-order valence-corrected chi connectivity index (χ0v) is 19.9. The van der Waals surface area contributed by atoms with E-state index in [0.29, 0.717) is 22.0 Å². The van der Waals surface area contributed by atoms with Gasteiger partial charge >= 0.3 is 0 Å². The molecule has 1 saturated heterocycles. The third-order valence-corrected chi connectivity index (χ3v) is 5.98. The van der Waals surface area contributed by atoms with Gasteiger partial charge in [-0.2, -0.15) is 0 Å². The highest BCUT2D eigenvalue weighted by molar-refractivity contribution is 6.51. The largest absolute Gasteiger partial charge is 0.507 e. The van der Waals surface area contributed by atoms with Crippen LogP contribution in [0.4, 0.5) is 5.69 Å². The molecule has 0 aliphatic carbocycles. The zero-order chi connectivity index (χ0) is 25.3. The van der Waals surface area contributed by atoms with E-state index in [1.54, 1.807) is 42.5 Å². The van der Waals surface area contributed by atoms with Crippen LogP contribution in [0, 0.1) is 0 Å². The van der Waals surface area contributed by atoms with Crippen molar-refractivity contribution in [3.05, 3.63) is 82.4 Å². The van der Waals surface area contributed by atoms with E-state index < -0.39 is 23.5 Å². The standard InChI is InChI=1S/C26H22ClNO7/c1-33-17-9-10-18(21(13-17)35-3)24(30)22-23(14-4-11-20(34-2)19(29)12-14)28(26(32)25(22)31)16-7-5-15(27)6-8-16/h4-13,23,29-30H,1-3H3/b24-22-. The first-order chi connectivity index (χ1) is 16.8. The number of ketones is 1. The molecule has 1 aliphatic rings. The molecular weight excluding hydrogens is 474 g/mol. The first-order valence-corrected chi connectivity index (χ1v) is 10.8. The molecule has 180 valence electrons. The molecule has 35 heavy (non-hydrogen) atoms. The van der Waals surface area contributed by atoms with Crippen molar-refractivity contribution in [3.8, 4) is 23.0 Å². The third kappa shape index (κ3) is 4.24. The SMILES string of the molecule is COc1ccc(/C(O)=C2/C(=O)C(=O)N(c3ccc(Cl)cc3)C2c2ccc(OC)c(O)c2)c(OC)c1. The molecule has 4 rings (SSSR count). The molecule has 3 aromatic carbocycles. The summed E-state index contributed by atoms with van der Waals surface area (Å²) < 4.78 is 15.7. The Morgan fingerprint density at radius 2 is 1.57 bits per heavy atom. The van der Waals surface area contributed by atoms with E-state index >= 15 is 0 Å². The Morgan fingerprint density at radius 1 is 0.886 bits per heavy atom. The number of halogens is 1. The molecule has 0 spiro atoms. The summed E-state index contributed by atoms with van der Waals surface area (Å²) in [4.78, 5) is 27.8. The van der Waals surface area contributed by atoms with Gasteiger partial charge in [0.2, 0.25) is 0 Å². The van der Waals surface area contributed by atoms with Gasteiger partial charge in [-0.15, -0.1) is 0 Å². The highest BCUT2D eigenvalue weighted by Gasteiger charge is 2.47. The highest BCUT2D eigenvalue weighted by atomic mass is 35.5. The van der Waals surface area contributed by atoms with Crippen LogP contribution in [0.25, 0.3) is 5.76 Å². The van der Waals surface area contributed by atoms with Crippen LogP contribution in [0.15, 0.2) is 66.2 Å². The number of aromatic hydroxyl groups is 1. The average molecular weight is 496 g/mol. The van der Waals surface area contributed by atoms with Gasteiger partial charge in [-0.05, 0) is 54.1 Å². The Hall–Kier alpha value is -4.17. The molecule has 3 aromatic rings. The second-order valence-electron chi connectivity index (χ2n) is 7.64. The van der Waals surface area contributed by atoms with Crippen LogP contribution in [0.5, 0.6) is 23.0 Å². The maximum Gasteiger partial charge on any atom is 0.300 e. The molecule has 0 aromatic heterocycles. The van der Waals surface area contributed by atoms with Crippen molar-refractivity contribution < 1.29 is 34.0 Å². The number of phenolic OH excluding ortho intramolecular Hbond substituents is 1. The van der Waals surface area contributed by atoms with E-state index in [0.717, 1.165) is 0 Å². The fraction of sp³-hybridized carbons (Fsp3) is 0.154. The first kappa shape index (κ1) is 24.0. The minimum absolute atomic E-state index is 0.169. The molecule has 1 amide bonds. The second-order valence-corrected chi connectivity index (χ2v) is 8.08. The predicted molar refractivity (Wildman–Crippen MR) is 130 cm³/mol. The van der Waals surface area contributed by atoms with Crippen molar-refractivity contribution in [2.24, 2.45) is 0 Å². The summed E-state index contributed by atoms with van der Waals surface area (Å²) in [6, 6.07) is 14.5. The van der Waals surface area contributed by atoms with Gasteiger partial charge in [0.05, 0.1) is 38.5 Å². The van der Waals surface area contributed by atoms with E-state index in [4.69, 9.17) is 25.8 Å². The number of amides is 1. The lowest BCUT2D eigenvalue weighted by Gasteiger charge is -2.26. The van der Waals surface area contributed by atoms with Gasteiger partial charge in [0.25, 0.3) is 11.7 Å². The average Bonchev–Trinajstić information content (AvgIpc) is 3.13. The van der Waals surface area contributed by atoms with Crippen molar-refractivity contribution in [1.82, 2.24) is 0 Å². The van der Waals surface area contributed by atoms with Crippen LogP contribution in [-0.4, -0.2) is 43.2 Å². The molecule has 0 saturated carbocycles. The summed E-state index contributed by atoms with van der Waals surface area (Å²) in [5.74, 6) is -1.41. The number of benzene rings is 3. The quantitative estimate of drug-likeness (QED) is 0.290. The number of hydrogen-bond donors (Lipinski definition) is 2. The number of anilines is 1. The lowest BCUT2D eigenvalue weighted by atomic mass is 9.94. The van der Waals surface area contributed by atoms with E-state index in [9.17, 15) is 19.8 Å². The Morgan fingerprint density at radius 3 is 2.17 bits per heavy atom. The van der Waals surface area contributed by atoms with Crippen LogP contribution in [0.1, 0.15) is 17.2 Å². The summed E-state index contributed by atoms with van der Waals surface area (Å²) in [7, 11) is 4.31. The topological polar surface area (TPSA) is 106 Å². The van der Waals surface area contributed by atoms with Gasteiger partial charge in [0.1, 0.15) is 17.3 Å². The fourth-order valence-electron chi connectivity index (χ4n) is 4.03. The molecule has 1 atom stereocenters. The van der Waals surface area contributed by atoms with Crippen LogP contribution in [-0.2, 0) is 9.59 Å². The Labute approximate surface area is 206 Å². The first-order valence-electron chi connectivity index (χ1n) is 10.5. The molecular formula is C26H22ClNO7. The van der Waals surface area contributed by atoms with Gasteiger partial charge in [-0.3, -0.25) is 14.5 Å². The Kier molecular flexibility index (Phi) is 6.57. The van der Waals surface area contributed by atoms with Crippen LogP contribution in [0.3, 0.4) is 0 Å². The summed E-state index contributed by atoms with van der Waals surface area (Å²) in [6.45, 7) is 0. The Bertz CT molecular complexity index is 1330. The highest BCUT2D eigenvalue weighted by Crippen LogP contribution is 2.45. The molecule has 2 N–H and O–H groups in total. The van der Waals surface area contributed by atoms with Crippen LogP contribution in [0.2, 0.25) is 5.02 Å². The number of Topliss-reactive ketones (excluding diaryl/α,β-unsaturated/α-hetero) is 1. The number of carbonyl (C=O) groups excluding carboxylic acids is 2. The van der Waals surface area contributed by atoms with Gasteiger partial charge in [-0.1, -0.05) is 17.7 Å². The van der Waals surface area contributed by atoms with Crippen LogP contribution >= 0.6 is 11.6 Å². The number of rotatable bonds is 6. The number of aliphatic hydroxyl groups excluding tert-OH is 1. The van der Waals surface area contributed by atoms with E-state index in [2.05, 4.69) is 0 Å². The maximum absolute atomic E-state index is 13.3. The smallest absolute Gasteiger partial charge is 0.300 e. The molecule has 1 heterocycles. The van der Waals surface area contributed by atoms with Crippen LogP contribution < -0.4 is 19.1 Å². The van der Waals surface area contributed by atoms with Crippen molar-refractivity contribution in [3.63, 3.8) is 0 Å². The number of methoxy groups -OCH3 is 3. The van der Waals surface area contributed by atoms with Gasteiger partial charge < -0.3 is 24.4 Å². The number of carbonyl (C=O) groups is 2. The number of aliphatic hydroxyl groups is 1. The normalized spacial score (nSPS) is 16.9. The monoisotopic (exact) mass is 495 g/mol. The third-order valence-electron chi connectivity index (χ3n) is 5.73. The molecule has 0 bridgehead atoms.